The summed E-state index contributed by atoms with van der Waals surface area (Å²) in [5.41, 5.74) is 4.46. The van der Waals surface area contributed by atoms with Crippen LogP contribution in [0.25, 0.3) is 0 Å². The summed E-state index contributed by atoms with van der Waals surface area (Å²) in [7, 11) is 1.36. The van der Waals surface area contributed by atoms with E-state index in [1.54, 1.807) is 0 Å². The zero-order chi connectivity index (χ0) is 23.7. The molecule has 1 atom stereocenters. The number of allylic oxidation sites excluding steroid dienone is 1. The van der Waals surface area contributed by atoms with Crippen molar-refractivity contribution in [3.8, 4) is 0 Å². The van der Waals surface area contributed by atoms with Crippen molar-refractivity contribution in [1.82, 2.24) is 0 Å². The van der Waals surface area contributed by atoms with Crippen molar-refractivity contribution in [2.24, 2.45) is 10.2 Å². The number of rotatable bonds is 4. The maximum Gasteiger partial charge on any atom is 0.365 e. The molecule has 1 spiro atoms. The Morgan fingerprint density at radius 2 is 1.65 bits per heavy atom. The molecule has 2 aliphatic rings. The first kappa shape index (κ1) is 22.3. The number of halogens is 1. The maximum atomic E-state index is 12.6. The standard InChI is InChI=1S/C26H21ClN4O2S/c1-18-7-6-10-22(17-18)31-26(34-24(29-31)25(32)33-2)16-15-23(19-11-13-20(27)14-12-19)28-30(26)21-8-4-3-5-9-21/h3-17H,1-2H3/t26-/m1/s1. The Kier molecular flexibility index (Phi) is 5.89. The number of hydrazone groups is 2. The zero-order valence-electron chi connectivity index (χ0n) is 18.6. The second kappa shape index (κ2) is 9.00. The van der Waals surface area contributed by atoms with Gasteiger partial charge in [-0.2, -0.15) is 10.2 Å². The van der Waals surface area contributed by atoms with Gasteiger partial charge in [-0.15, -0.1) is 0 Å². The monoisotopic (exact) mass is 488 g/mol. The fourth-order valence-electron chi connectivity index (χ4n) is 3.84. The highest BCUT2D eigenvalue weighted by Crippen LogP contribution is 2.48. The van der Waals surface area contributed by atoms with Crippen molar-refractivity contribution in [3.05, 3.63) is 107 Å². The molecule has 34 heavy (non-hydrogen) atoms. The molecule has 0 N–H and O–H groups in total. The molecule has 0 saturated heterocycles. The highest BCUT2D eigenvalue weighted by molar-refractivity contribution is 8.17. The largest absolute Gasteiger partial charge is 0.464 e. The van der Waals surface area contributed by atoms with Crippen molar-refractivity contribution in [1.29, 1.82) is 0 Å². The molecular formula is C26H21ClN4O2S. The smallest absolute Gasteiger partial charge is 0.365 e. The van der Waals surface area contributed by atoms with Gasteiger partial charge in [0.25, 0.3) is 0 Å². The molecule has 0 aromatic heterocycles. The van der Waals surface area contributed by atoms with Crippen molar-refractivity contribution in [2.75, 3.05) is 17.1 Å². The Morgan fingerprint density at radius 1 is 0.941 bits per heavy atom. The van der Waals surface area contributed by atoms with E-state index in [0.29, 0.717) is 5.02 Å². The molecule has 6 nitrogen and oxygen atoms in total. The Balaban J connectivity index is 1.67. The summed E-state index contributed by atoms with van der Waals surface area (Å²) in [6.07, 6.45) is 3.97. The Labute approximate surface area is 207 Å². The fourth-order valence-corrected chi connectivity index (χ4v) is 5.14. The highest BCUT2D eigenvalue weighted by Gasteiger charge is 2.51. The van der Waals surface area contributed by atoms with E-state index < -0.39 is 11.0 Å². The second-order valence-corrected chi connectivity index (χ2v) is 9.41. The number of methoxy groups -OCH3 is 1. The third kappa shape index (κ3) is 3.97. The highest BCUT2D eigenvalue weighted by atomic mass is 35.5. The molecule has 8 heteroatoms. The van der Waals surface area contributed by atoms with Crippen LogP contribution in [0.4, 0.5) is 11.4 Å². The first-order valence-electron chi connectivity index (χ1n) is 10.6. The molecule has 0 aliphatic carbocycles. The van der Waals surface area contributed by atoms with Crippen LogP contribution in [0.1, 0.15) is 11.1 Å². The van der Waals surface area contributed by atoms with Crippen molar-refractivity contribution >= 4 is 51.5 Å². The Bertz CT molecular complexity index is 1320. The van der Waals surface area contributed by atoms with E-state index in [9.17, 15) is 4.79 Å². The number of benzene rings is 3. The Hall–Kier alpha value is -3.55. The van der Waals surface area contributed by atoms with Crippen LogP contribution in [0.5, 0.6) is 0 Å². The molecule has 2 aliphatic heterocycles. The summed E-state index contributed by atoms with van der Waals surface area (Å²) < 4.78 is 5.01. The van der Waals surface area contributed by atoms with E-state index in [4.69, 9.17) is 26.5 Å². The number of hydrogen-bond donors (Lipinski definition) is 0. The number of ether oxygens (including phenoxy) is 1. The van der Waals surface area contributed by atoms with Gasteiger partial charge in [0.05, 0.1) is 24.2 Å². The number of carbonyl (C=O) groups is 1. The molecule has 3 aromatic carbocycles. The lowest BCUT2D eigenvalue weighted by Crippen LogP contribution is -2.53. The number of nitrogens with zero attached hydrogens (tertiary/aromatic N) is 4. The summed E-state index contributed by atoms with van der Waals surface area (Å²) in [4.78, 5) is 11.6. The van der Waals surface area contributed by atoms with Crippen molar-refractivity contribution < 1.29 is 9.53 Å². The van der Waals surface area contributed by atoms with Gasteiger partial charge in [-0.25, -0.2) is 14.8 Å². The van der Waals surface area contributed by atoms with Gasteiger partial charge in [0.1, 0.15) is 0 Å². The molecule has 0 bridgehead atoms. The number of esters is 1. The molecular weight excluding hydrogens is 468 g/mol. The molecule has 0 unspecified atom stereocenters. The molecule has 0 fully saturated rings. The molecule has 170 valence electrons. The van der Waals surface area contributed by atoms with E-state index >= 15 is 0 Å². The van der Waals surface area contributed by atoms with Crippen LogP contribution < -0.4 is 10.0 Å². The van der Waals surface area contributed by atoms with Crippen molar-refractivity contribution in [3.63, 3.8) is 0 Å². The average molecular weight is 489 g/mol. The summed E-state index contributed by atoms with van der Waals surface area (Å²) in [6.45, 7) is 2.02. The van der Waals surface area contributed by atoms with Gasteiger partial charge in [-0.1, -0.05) is 54.1 Å². The summed E-state index contributed by atoms with van der Waals surface area (Å²) in [5, 5.41) is 14.4. The predicted octanol–water partition coefficient (Wildman–Crippen LogP) is 5.82. The molecule has 5 rings (SSSR count). The predicted molar refractivity (Wildman–Crippen MR) is 139 cm³/mol. The fraction of sp³-hybridized carbons (Fsp3) is 0.115. The van der Waals surface area contributed by atoms with Crippen LogP contribution in [0.2, 0.25) is 5.02 Å². The van der Waals surface area contributed by atoms with Gasteiger partial charge in [0, 0.05) is 10.6 Å². The number of thioether (sulfide) groups is 1. The van der Waals surface area contributed by atoms with Gasteiger partial charge in [0.2, 0.25) is 10.0 Å². The van der Waals surface area contributed by atoms with E-state index in [2.05, 4.69) is 0 Å². The van der Waals surface area contributed by atoms with Gasteiger partial charge < -0.3 is 4.74 Å². The van der Waals surface area contributed by atoms with Crippen LogP contribution in [0.3, 0.4) is 0 Å². The molecule has 3 aromatic rings. The molecule has 0 saturated carbocycles. The minimum Gasteiger partial charge on any atom is -0.464 e. The van der Waals surface area contributed by atoms with E-state index in [0.717, 1.165) is 28.2 Å². The normalized spacial score (nSPS) is 19.3. The minimum atomic E-state index is -0.950. The molecule has 0 amide bonds. The number of anilines is 2. The van der Waals surface area contributed by atoms with Gasteiger partial charge in [0.15, 0.2) is 0 Å². The van der Waals surface area contributed by atoms with Gasteiger partial charge >= 0.3 is 5.97 Å². The maximum absolute atomic E-state index is 12.6. The summed E-state index contributed by atoms with van der Waals surface area (Å²) >= 11 is 7.39. The SMILES string of the molecule is COC(=O)C1=NN(c2cccc(C)c2)[C@]2(C=CC(c3ccc(Cl)cc3)=NN2c2ccccc2)S1. The average Bonchev–Trinajstić information content (AvgIpc) is 3.24. The first-order valence-corrected chi connectivity index (χ1v) is 11.8. The van der Waals surface area contributed by atoms with Crippen LogP contribution in [-0.2, 0) is 9.53 Å². The summed E-state index contributed by atoms with van der Waals surface area (Å²) in [5.74, 6) is -0.492. The third-order valence-electron chi connectivity index (χ3n) is 5.46. The zero-order valence-corrected chi connectivity index (χ0v) is 20.1. The van der Waals surface area contributed by atoms with E-state index in [-0.39, 0.29) is 5.04 Å². The molecule has 0 radical (unpaired) electrons. The summed E-state index contributed by atoms with van der Waals surface area (Å²) in [6, 6.07) is 25.4. The number of para-hydroxylation sites is 1. The minimum absolute atomic E-state index is 0.250. The lowest BCUT2D eigenvalue weighted by molar-refractivity contribution is -0.132. The van der Waals surface area contributed by atoms with Gasteiger partial charge in [-0.3, -0.25) is 0 Å². The lowest BCUT2D eigenvalue weighted by atomic mass is 10.1. The van der Waals surface area contributed by atoms with Gasteiger partial charge in [-0.05, 0) is 72.8 Å². The first-order chi connectivity index (χ1) is 16.5. The van der Waals surface area contributed by atoms with Crippen LogP contribution >= 0.6 is 23.4 Å². The third-order valence-corrected chi connectivity index (χ3v) is 6.93. The van der Waals surface area contributed by atoms with Crippen LogP contribution in [0, 0.1) is 6.92 Å². The number of carbonyl (C=O) groups excluding carboxylic acids is 1. The van der Waals surface area contributed by atoms with Crippen LogP contribution in [-0.4, -0.2) is 28.8 Å². The molecule has 2 heterocycles. The van der Waals surface area contributed by atoms with E-state index in [1.807, 2.05) is 108 Å². The number of hydrogen-bond acceptors (Lipinski definition) is 7. The topological polar surface area (TPSA) is 57.5 Å². The van der Waals surface area contributed by atoms with E-state index in [1.165, 1.54) is 18.9 Å². The Morgan fingerprint density at radius 3 is 2.35 bits per heavy atom. The number of aryl methyl sites for hydroxylation is 1. The second-order valence-electron chi connectivity index (χ2n) is 7.78. The lowest BCUT2D eigenvalue weighted by Gasteiger charge is -2.43. The van der Waals surface area contributed by atoms with Crippen molar-refractivity contribution in [2.45, 2.75) is 11.9 Å². The quantitative estimate of drug-likeness (QED) is 0.433. The van der Waals surface area contributed by atoms with Crippen LogP contribution in [0.15, 0.2) is 101 Å².